The predicted octanol–water partition coefficient (Wildman–Crippen LogP) is 4.71. The first-order valence-corrected chi connectivity index (χ1v) is 12.2. The van der Waals surface area contributed by atoms with E-state index in [2.05, 4.69) is 38.2 Å². The fraction of sp³-hybridized carbons (Fsp3) is 0.458. The molecule has 0 saturated heterocycles. The number of amides is 1. The molecule has 164 valence electrons. The number of carbonyl (C=O) groups is 1. The number of hydrogen-bond acceptors (Lipinski definition) is 3. The smallest absolute Gasteiger partial charge is 0.244 e. The average molecular weight is 431 g/mol. The van der Waals surface area contributed by atoms with Crippen LogP contribution in [0.2, 0.25) is 0 Å². The van der Waals surface area contributed by atoms with Crippen molar-refractivity contribution in [3.05, 3.63) is 65.2 Å². The minimum Gasteiger partial charge on any atom is -0.348 e. The number of aryl methyl sites for hydroxylation is 1. The third-order valence-corrected chi connectivity index (χ3v) is 6.40. The molecular formula is C24H34N2O3S. The molecule has 2 atom stereocenters. The van der Waals surface area contributed by atoms with Crippen LogP contribution in [0.1, 0.15) is 63.8 Å². The normalized spacial score (nSPS) is 14.1. The Morgan fingerprint density at radius 1 is 1.10 bits per heavy atom. The molecule has 1 amide bonds. The van der Waals surface area contributed by atoms with E-state index in [1.807, 2.05) is 39.0 Å². The highest BCUT2D eigenvalue weighted by Gasteiger charge is 2.32. The molecule has 0 bridgehead atoms. The largest absolute Gasteiger partial charge is 0.348 e. The molecule has 0 aromatic heterocycles. The summed E-state index contributed by atoms with van der Waals surface area (Å²) in [5.41, 5.74) is 3.69. The van der Waals surface area contributed by atoms with Gasteiger partial charge in [0, 0.05) is 0 Å². The summed E-state index contributed by atoms with van der Waals surface area (Å²) >= 11 is 0. The molecule has 0 aliphatic rings. The van der Waals surface area contributed by atoms with Crippen LogP contribution in [0.3, 0.4) is 0 Å². The lowest BCUT2D eigenvalue weighted by Crippen LogP contribution is -2.49. The first-order chi connectivity index (χ1) is 13.8. The first-order valence-electron chi connectivity index (χ1n) is 10.3. The summed E-state index contributed by atoms with van der Waals surface area (Å²) in [6.45, 7) is 12.1. The van der Waals surface area contributed by atoms with Crippen molar-refractivity contribution in [1.29, 1.82) is 0 Å². The molecule has 30 heavy (non-hydrogen) atoms. The fourth-order valence-electron chi connectivity index (χ4n) is 3.49. The molecule has 2 rings (SSSR count). The Balaban J connectivity index is 2.27. The van der Waals surface area contributed by atoms with Crippen LogP contribution >= 0.6 is 0 Å². The van der Waals surface area contributed by atoms with Gasteiger partial charge in [-0.1, -0.05) is 64.1 Å². The van der Waals surface area contributed by atoms with E-state index in [0.717, 1.165) is 17.4 Å². The molecule has 6 heteroatoms. The fourth-order valence-corrected chi connectivity index (χ4v) is 4.69. The Hall–Kier alpha value is -2.34. The Morgan fingerprint density at radius 2 is 1.70 bits per heavy atom. The highest BCUT2D eigenvalue weighted by Crippen LogP contribution is 2.26. The molecule has 0 unspecified atom stereocenters. The third kappa shape index (κ3) is 5.85. The van der Waals surface area contributed by atoms with Crippen LogP contribution in [0.25, 0.3) is 0 Å². The molecule has 0 aliphatic carbocycles. The van der Waals surface area contributed by atoms with Crippen LogP contribution in [0.15, 0.2) is 48.5 Å². The molecule has 5 nitrogen and oxygen atoms in total. The summed E-state index contributed by atoms with van der Waals surface area (Å²) < 4.78 is 26.4. The number of sulfonamides is 1. The summed E-state index contributed by atoms with van der Waals surface area (Å²) in [5, 5.41) is 3.00. The van der Waals surface area contributed by atoms with Crippen molar-refractivity contribution < 1.29 is 13.2 Å². The maximum absolute atomic E-state index is 13.1. The Bertz CT molecular complexity index is 976. The number of hydrogen-bond donors (Lipinski definition) is 1. The van der Waals surface area contributed by atoms with E-state index in [0.29, 0.717) is 12.1 Å². The second-order valence-corrected chi connectivity index (χ2v) is 10.8. The number of benzene rings is 2. The van der Waals surface area contributed by atoms with Crippen molar-refractivity contribution >= 4 is 21.6 Å². The van der Waals surface area contributed by atoms with Crippen molar-refractivity contribution in [1.82, 2.24) is 5.32 Å². The van der Waals surface area contributed by atoms with Crippen LogP contribution in [0.5, 0.6) is 0 Å². The molecule has 0 spiro atoms. The first kappa shape index (κ1) is 23.9. The predicted molar refractivity (Wildman–Crippen MR) is 124 cm³/mol. The molecule has 0 fully saturated rings. The maximum atomic E-state index is 13.1. The minimum absolute atomic E-state index is 0.0577. The lowest BCUT2D eigenvalue weighted by molar-refractivity contribution is -0.122. The van der Waals surface area contributed by atoms with Crippen LogP contribution in [-0.2, 0) is 20.2 Å². The zero-order valence-corrected chi connectivity index (χ0v) is 19.9. The molecule has 0 saturated carbocycles. The van der Waals surface area contributed by atoms with Gasteiger partial charge in [-0.25, -0.2) is 8.42 Å². The van der Waals surface area contributed by atoms with E-state index >= 15 is 0 Å². The van der Waals surface area contributed by atoms with Gasteiger partial charge in [-0.15, -0.1) is 0 Å². The highest BCUT2D eigenvalue weighted by atomic mass is 32.2. The number of carbonyl (C=O) groups excluding carboxylic acids is 1. The van der Waals surface area contributed by atoms with Gasteiger partial charge >= 0.3 is 0 Å². The Labute approximate surface area is 181 Å². The van der Waals surface area contributed by atoms with Crippen LogP contribution in [0, 0.1) is 6.92 Å². The molecule has 2 aromatic carbocycles. The SMILES string of the molecule is CC[C@@H](C(=O)N[C@H](C)c1ccc(C(C)(C)C)cc1)N(c1cccc(C)c1)S(C)(=O)=O. The molecular weight excluding hydrogens is 396 g/mol. The van der Waals surface area contributed by atoms with Gasteiger partial charge in [0.1, 0.15) is 6.04 Å². The van der Waals surface area contributed by atoms with E-state index in [1.54, 1.807) is 18.2 Å². The standard InChI is InChI=1S/C24H34N2O3S/c1-8-22(26(30(7,28)29)21-11-9-10-17(2)16-21)23(27)25-18(3)19-12-14-20(15-13-19)24(4,5)6/h9-16,18,22H,8H2,1-7H3,(H,25,27)/t18-,22+/m1/s1. The van der Waals surface area contributed by atoms with Gasteiger partial charge in [0.25, 0.3) is 0 Å². The van der Waals surface area contributed by atoms with Gasteiger partial charge in [0.05, 0.1) is 18.0 Å². The van der Waals surface area contributed by atoms with Crippen molar-refractivity contribution in [2.24, 2.45) is 0 Å². The topological polar surface area (TPSA) is 66.5 Å². The zero-order chi connectivity index (χ0) is 22.7. The molecule has 2 aromatic rings. The van der Waals surface area contributed by atoms with Gasteiger partial charge < -0.3 is 5.32 Å². The molecule has 0 aliphatic heterocycles. The van der Waals surface area contributed by atoms with Crippen LogP contribution in [-0.4, -0.2) is 26.6 Å². The van der Waals surface area contributed by atoms with E-state index in [9.17, 15) is 13.2 Å². The summed E-state index contributed by atoms with van der Waals surface area (Å²) in [4.78, 5) is 13.1. The highest BCUT2D eigenvalue weighted by molar-refractivity contribution is 7.92. The van der Waals surface area contributed by atoms with E-state index in [-0.39, 0.29) is 17.4 Å². The second kappa shape index (κ2) is 9.21. The van der Waals surface area contributed by atoms with Crippen molar-refractivity contribution in [3.8, 4) is 0 Å². The van der Waals surface area contributed by atoms with E-state index in [1.165, 1.54) is 9.87 Å². The zero-order valence-electron chi connectivity index (χ0n) is 19.1. The average Bonchev–Trinajstić information content (AvgIpc) is 2.64. The minimum atomic E-state index is -3.64. The summed E-state index contributed by atoms with van der Waals surface area (Å²) in [5.74, 6) is -0.308. The van der Waals surface area contributed by atoms with Crippen molar-refractivity contribution in [2.75, 3.05) is 10.6 Å². The Kier molecular flexibility index (Phi) is 7.35. The van der Waals surface area contributed by atoms with Gasteiger partial charge in [-0.3, -0.25) is 9.10 Å². The van der Waals surface area contributed by atoms with Gasteiger partial charge in [-0.2, -0.15) is 0 Å². The summed E-state index contributed by atoms with van der Waals surface area (Å²) in [6, 6.07) is 14.3. The van der Waals surface area contributed by atoms with Gasteiger partial charge in [0.15, 0.2) is 0 Å². The summed E-state index contributed by atoms with van der Waals surface area (Å²) in [7, 11) is -3.64. The third-order valence-electron chi connectivity index (χ3n) is 5.22. The van der Waals surface area contributed by atoms with Crippen molar-refractivity contribution in [2.45, 2.75) is 65.5 Å². The number of nitrogens with one attached hydrogen (secondary N) is 1. The maximum Gasteiger partial charge on any atom is 0.244 e. The second-order valence-electron chi connectivity index (χ2n) is 8.92. The molecule has 0 heterocycles. The van der Waals surface area contributed by atoms with Gasteiger partial charge in [-0.05, 0) is 54.5 Å². The van der Waals surface area contributed by atoms with Gasteiger partial charge in [0.2, 0.25) is 15.9 Å². The Morgan fingerprint density at radius 3 is 2.17 bits per heavy atom. The molecule has 1 N–H and O–H groups in total. The monoisotopic (exact) mass is 430 g/mol. The van der Waals surface area contributed by atoms with E-state index in [4.69, 9.17) is 0 Å². The van der Waals surface area contributed by atoms with Crippen LogP contribution in [0.4, 0.5) is 5.69 Å². The quantitative estimate of drug-likeness (QED) is 0.691. The lowest BCUT2D eigenvalue weighted by atomic mass is 9.86. The summed E-state index contributed by atoms with van der Waals surface area (Å²) in [6.07, 6.45) is 1.50. The van der Waals surface area contributed by atoms with Crippen LogP contribution < -0.4 is 9.62 Å². The molecule has 0 radical (unpaired) electrons. The van der Waals surface area contributed by atoms with E-state index < -0.39 is 16.1 Å². The number of anilines is 1. The number of nitrogens with zero attached hydrogens (tertiary/aromatic N) is 1. The van der Waals surface area contributed by atoms with Crippen molar-refractivity contribution in [3.63, 3.8) is 0 Å². The lowest BCUT2D eigenvalue weighted by Gasteiger charge is -2.31. The number of rotatable bonds is 7.